The quantitative estimate of drug-likeness (QED) is 0.492. The Bertz CT molecular complexity index is 1100. The lowest BCUT2D eigenvalue weighted by atomic mass is 9.99. The van der Waals surface area contributed by atoms with Crippen LogP contribution in [0.2, 0.25) is 0 Å². The van der Waals surface area contributed by atoms with Gasteiger partial charge in [0.2, 0.25) is 0 Å². The highest BCUT2D eigenvalue weighted by Gasteiger charge is 2.15. The molecule has 0 spiro atoms. The summed E-state index contributed by atoms with van der Waals surface area (Å²) in [6.07, 6.45) is 10.0. The highest BCUT2D eigenvalue weighted by molar-refractivity contribution is 5.77. The number of morpholine rings is 1. The van der Waals surface area contributed by atoms with Crippen LogP contribution in [0.25, 0.3) is 5.57 Å². The number of nitrogens with one attached hydrogen (secondary N) is 1. The molecule has 0 atom stereocenters. The van der Waals surface area contributed by atoms with E-state index in [4.69, 9.17) is 9.47 Å². The first-order valence-corrected chi connectivity index (χ1v) is 13.1. The number of rotatable bonds is 7. The topological polar surface area (TPSA) is 70.4 Å². The summed E-state index contributed by atoms with van der Waals surface area (Å²) in [4.78, 5) is 6.57. The van der Waals surface area contributed by atoms with Gasteiger partial charge in [-0.15, -0.1) is 0 Å². The summed E-state index contributed by atoms with van der Waals surface area (Å²) in [5, 5.41) is 12.8. The van der Waals surface area contributed by atoms with E-state index in [1.807, 2.05) is 43.5 Å². The van der Waals surface area contributed by atoms with Crippen LogP contribution in [0.3, 0.4) is 0 Å². The van der Waals surface area contributed by atoms with Crippen LogP contribution in [-0.2, 0) is 4.74 Å². The lowest BCUT2D eigenvalue weighted by Crippen LogP contribution is -2.36. The molecule has 2 fully saturated rings. The Labute approximate surface area is 222 Å². The Balaban J connectivity index is 0.000000244. The molecule has 37 heavy (non-hydrogen) atoms. The molecule has 4 rings (SSSR count). The van der Waals surface area contributed by atoms with Gasteiger partial charge in [-0.1, -0.05) is 36.4 Å². The largest absolute Gasteiger partial charge is 0.492 e. The van der Waals surface area contributed by atoms with E-state index in [1.54, 1.807) is 6.08 Å². The molecule has 0 unspecified atom stereocenters. The van der Waals surface area contributed by atoms with E-state index < -0.39 is 0 Å². The average Bonchev–Trinajstić information content (AvgIpc) is 2.93. The third-order valence-corrected chi connectivity index (χ3v) is 6.38. The first kappa shape index (κ1) is 28.2. The fraction of sp³-hybridized carbons (Fsp3) is 0.419. The number of hydrogen-bond donors (Lipinski definition) is 1. The lowest BCUT2D eigenvalue weighted by Gasteiger charge is -2.28. The molecule has 3 heterocycles. The van der Waals surface area contributed by atoms with Gasteiger partial charge in [0.1, 0.15) is 11.8 Å². The second kappa shape index (κ2) is 15.0. The first-order chi connectivity index (χ1) is 18.0. The number of benzene rings is 1. The number of anilines is 1. The van der Waals surface area contributed by atoms with Crippen molar-refractivity contribution >= 4 is 11.3 Å². The van der Waals surface area contributed by atoms with Gasteiger partial charge in [0.05, 0.1) is 37.3 Å². The summed E-state index contributed by atoms with van der Waals surface area (Å²) in [5.74, 6) is 1.24. The monoisotopic (exact) mass is 500 g/mol. The molecule has 1 aromatic heterocycles. The summed E-state index contributed by atoms with van der Waals surface area (Å²) in [6, 6.07) is 12.2. The van der Waals surface area contributed by atoms with Gasteiger partial charge in [-0.05, 0) is 88.0 Å². The molecule has 0 amide bonds. The van der Waals surface area contributed by atoms with Crippen LogP contribution in [0.4, 0.5) is 5.69 Å². The summed E-state index contributed by atoms with van der Waals surface area (Å²) in [5.41, 5.74) is 6.10. The van der Waals surface area contributed by atoms with Gasteiger partial charge in [-0.2, -0.15) is 5.26 Å². The molecule has 1 aromatic carbocycles. The molecule has 0 aliphatic carbocycles. The van der Waals surface area contributed by atoms with Gasteiger partial charge in [-0.3, -0.25) is 4.98 Å². The Kier molecular flexibility index (Phi) is 11.4. The van der Waals surface area contributed by atoms with Crippen molar-refractivity contribution in [1.82, 2.24) is 10.3 Å². The molecule has 2 aliphatic rings. The number of hydrogen-bond acceptors (Lipinski definition) is 6. The third kappa shape index (κ3) is 9.20. The molecule has 0 bridgehead atoms. The molecule has 2 aliphatic heterocycles. The van der Waals surface area contributed by atoms with Crippen LogP contribution >= 0.6 is 0 Å². The van der Waals surface area contributed by atoms with Crippen LogP contribution in [0.1, 0.15) is 43.5 Å². The predicted molar refractivity (Wildman–Crippen MR) is 152 cm³/mol. The highest BCUT2D eigenvalue weighted by atomic mass is 16.5. The van der Waals surface area contributed by atoms with Gasteiger partial charge >= 0.3 is 0 Å². The number of ether oxygens (including phenoxy) is 2. The molecule has 0 saturated carbocycles. The van der Waals surface area contributed by atoms with Gasteiger partial charge in [0, 0.05) is 18.8 Å². The minimum Gasteiger partial charge on any atom is -0.492 e. The van der Waals surface area contributed by atoms with Crippen molar-refractivity contribution in [3.63, 3.8) is 0 Å². The molecular formula is C31H40N4O2. The number of allylic oxidation sites excluding steroid dienone is 5. The van der Waals surface area contributed by atoms with Gasteiger partial charge < -0.3 is 19.7 Å². The number of aromatic nitrogens is 1. The standard InChI is InChI=1S/C21H26N2O.C10H14N2O/c1-4-5-18(12-16(2)3)19-6-7-21(20(13-19)14-22)24-15-17-8-10-23-11-9-17;1-9-2-3-10(8-11-9)12-4-6-13-7-5-12/h4-7,12-13,17,23H,1,8-11,15H2,2-3H3;2-3,8H,4-7H2,1H3/b18-5+;. The van der Waals surface area contributed by atoms with Crippen molar-refractivity contribution in [2.45, 2.75) is 33.6 Å². The van der Waals surface area contributed by atoms with E-state index >= 15 is 0 Å². The Hall–Kier alpha value is -3.40. The Morgan fingerprint density at radius 2 is 1.97 bits per heavy atom. The van der Waals surface area contributed by atoms with Gasteiger partial charge in [0.15, 0.2) is 0 Å². The van der Waals surface area contributed by atoms with Crippen molar-refractivity contribution in [1.29, 1.82) is 5.26 Å². The zero-order chi connectivity index (χ0) is 26.5. The maximum absolute atomic E-state index is 9.48. The summed E-state index contributed by atoms with van der Waals surface area (Å²) in [7, 11) is 0. The smallest absolute Gasteiger partial charge is 0.137 e. The lowest BCUT2D eigenvalue weighted by molar-refractivity contribution is 0.122. The van der Waals surface area contributed by atoms with Crippen molar-refractivity contribution in [2.75, 3.05) is 50.9 Å². The minimum atomic E-state index is 0.569. The van der Waals surface area contributed by atoms with E-state index in [1.165, 1.54) is 11.3 Å². The van der Waals surface area contributed by atoms with Crippen LogP contribution in [0, 0.1) is 24.2 Å². The number of nitriles is 1. The zero-order valence-corrected chi connectivity index (χ0v) is 22.5. The fourth-order valence-corrected chi connectivity index (χ4v) is 4.31. The number of nitrogens with zero attached hydrogens (tertiary/aromatic N) is 3. The summed E-state index contributed by atoms with van der Waals surface area (Å²) < 4.78 is 11.2. The molecule has 2 aromatic rings. The molecular weight excluding hydrogens is 460 g/mol. The van der Waals surface area contributed by atoms with Crippen LogP contribution < -0.4 is 15.0 Å². The van der Waals surface area contributed by atoms with Gasteiger partial charge in [-0.25, -0.2) is 0 Å². The molecule has 0 radical (unpaired) electrons. The fourth-order valence-electron chi connectivity index (χ4n) is 4.31. The number of pyridine rings is 1. The van der Waals surface area contributed by atoms with Crippen molar-refractivity contribution in [3.8, 4) is 11.8 Å². The molecule has 6 nitrogen and oxygen atoms in total. The first-order valence-electron chi connectivity index (χ1n) is 13.1. The predicted octanol–water partition coefficient (Wildman–Crippen LogP) is 5.70. The number of aryl methyl sites for hydroxylation is 1. The Morgan fingerprint density at radius 3 is 2.59 bits per heavy atom. The maximum Gasteiger partial charge on any atom is 0.137 e. The van der Waals surface area contributed by atoms with E-state index in [-0.39, 0.29) is 0 Å². The normalized spacial score (nSPS) is 16.2. The van der Waals surface area contributed by atoms with E-state index in [9.17, 15) is 5.26 Å². The zero-order valence-electron chi connectivity index (χ0n) is 22.5. The van der Waals surface area contributed by atoms with Gasteiger partial charge in [0.25, 0.3) is 0 Å². The van der Waals surface area contributed by atoms with Crippen LogP contribution in [-0.4, -0.2) is 51.0 Å². The molecule has 196 valence electrons. The average molecular weight is 501 g/mol. The summed E-state index contributed by atoms with van der Waals surface area (Å²) in [6.45, 7) is 16.3. The van der Waals surface area contributed by atoms with Crippen LogP contribution in [0.5, 0.6) is 5.75 Å². The third-order valence-electron chi connectivity index (χ3n) is 6.38. The SMILES string of the molecule is C=C/C=C(\C=C(C)C)c1ccc(OCC2CCNCC2)c(C#N)c1.Cc1ccc(N2CCOCC2)cn1. The minimum absolute atomic E-state index is 0.569. The Morgan fingerprint density at radius 1 is 1.22 bits per heavy atom. The number of piperidine rings is 1. The molecule has 6 heteroatoms. The van der Waals surface area contributed by atoms with Crippen molar-refractivity contribution in [2.24, 2.45) is 5.92 Å². The second-order valence-corrected chi connectivity index (χ2v) is 9.66. The molecule has 1 N–H and O–H groups in total. The highest BCUT2D eigenvalue weighted by Crippen LogP contribution is 2.26. The molecule has 2 saturated heterocycles. The van der Waals surface area contributed by atoms with E-state index in [2.05, 4.69) is 53.8 Å². The van der Waals surface area contributed by atoms with Crippen LogP contribution in [0.15, 0.2) is 66.9 Å². The van der Waals surface area contributed by atoms with E-state index in [0.29, 0.717) is 23.8 Å². The maximum atomic E-state index is 9.48. The van der Waals surface area contributed by atoms with Crippen molar-refractivity contribution < 1.29 is 9.47 Å². The van der Waals surface area contributed by atoms with Crippen molar-refractivity contribution in [3.05, 3.63) is 83.7 Å². The van der Waals surface area contributed by atoms with E-state index in [0.717, 1.165) is 69.1 Å². The second-order valence-electron chi connectivity index (χ2n) is 9.66. The summed E-state index contributed by atoms with van der Waals surface area (Å²) >= 11 is 0.